The first-order valence-corrected chi connectivity index (χ1v) is 6.41. The van der Waals surface area contributed by atoms with Gasteiger partial charge in [-0.15, -0.1) is 0 Å². The van der Waals surface area contributed by atoms with Gasteiger partial charge in [-0.3, -0.25) is 0 Å². The van der Waals surface area contributed by atoms with E-state index < -0.39 is 0 Å². The van der Waals surface area contributed by atoms with Crippen LogP contribution in [-0.2, 0) is 6.42 Å². The van der Waals surface area contributed by atoms with Gasteiger partial charge in [-0.25, -0.2) is 0 Å². The van der Waals surface area contributed by atoms with Crippen molar-refractivity contribution in [1.29, 1.82) is 0 Å². The number of ether oxygens (including phenoxy) is 2. The lowest BCUT2D eigenvalue weighted by Gasteiger charge is -2.21. The molecule has 0 spiro atoms. The Morgan fingerprint density at radius 3 is 2.17 bits per heavy atom. The highest BCUT2D eigenvalue weighted by Crippen LogP contribution is 2.30. The van der Waals surface area contributed by atoms with Crippen molar-refractivity contribution in [2.24, 2.45) is 0 Å². The SMILES string of the molecule is COc1cc(C)c(CCN(C)C(C)C)cc1OC. The third-order valence-corrected chi connectivity index (χ3v) is 3.46. The highest BCUT2D eigenvalue weighted by molar-refractivity contribution is 5.47. The molecule has 0 unspecified atom stereocenters. The third kappa shape index (κ3) is 3.64. The highest BCUT2D eigenvalue weighted by atomic mass is 16.5. The molecule has 3 nitrogen and oxygen atoms in total. The summed E-state index contributed by atoms with van der Waals surface area (Å²) in [7, 11) is 5.50. The third-order valence-electron chi connectivity index (χ3n) is 3.46. The Bertz CT molecular complexity index is 388. The minimum Gasteiger partial charge on any atom is -0.493 e. The zero-order chi connectivity index (χ0) is 13.7. The molecule has 0 heterocycles. The fourth-order valence-corrected chi connectivity index (χ4v) is 1.85. The number of nitrogens with zero attached hydrogens (tertiary/aromatic N) is 1. The Morgan fingerprint density at radius 2 is 1.67 bits per heavy atom. The molecule has 0 atom stereocenters. The molecule has 1 aromatic carbocycles. The molecule has 0 radical (unpaired) electrons. The summed E-state index contributed by atoms with van der Waals surface area (Å²) >= 11 is 0. The lowest BCUT2D eigenvalue weighted by atomic mass is 10.0. The van der Waals surface area contributed by atoms with Gasteiger partial charge in [0.15, 0.2) is 11.5 Å². The van der Waals surface area contributed by atoms with E-state index in [1.807, 2.05) is 6.07 Å². The average molecular weight is 251 g/mol. The van der Waals surface area contributed by atoms with Crippen molar-refractivity contribution in [3.8, 4) is 11.5 Å². The summed E-state index contributed by atoms with van der Waals surface area (Å²) in [5, 5.41) is 0. The van der Waals surface area contributed by atoms with E-state index in [0.717, 1.165) is 24.5 Å². The molecule has 0 N–H and O–H groups in total. The highest BCUT2D eigenvalue weighted by Gasteiger charge is 2.10. The van der Waals surface area contributed by atoms with Crippen LogP contribution in [0.4, 0.5) is 0 Å². The van der Waals surface area contributed by atoms with Crippen molar-refractivity contribution < 1.29 is 9.47 Å². The minimum atomic E-state index is 0.574. The zero-order valence-electron chi connectivity index (χ0n) is 12.4. The topological polar surface area (TPSA) is 21.7 Å². The van der Waals surface area contributed by atoms with Crippen LogP contribution in [-0.4, -0.2) is 38.8 Å². The average Bonchev–Trinajstić information content (AvgIpc) is 2.36. The molecular weight excluding hydrogens is 226 g/mol. The van der Waals surface area contributed by atoms with E-state index in [1.165, 1.54) is 11.1 Å². The number of methoxy groups -OCH3 is 2. The molecule has 1 aromatic rings. The maximum Gasteiger partial charge on any atom is 0.161 e. The maximum atomic E-state index is 5.35. The van der Waals surface area contributed by atoms with Gasteiger partial charge in [0, 0.05) is 12.6 Å². The molecule has 0 saturated heterocycles. The molecule has 0 fully saturated rings. The van der Waals surface area contributed by atoms with Crippen LogP contribution >= 0.6 is 0 Å². The number of aryl methyl sites for hydroxylation is 1. The first-order chi connectivity index (χ1) is 8.49. The second kappa shape index (κ2) is 6.64. The van der Waals surface area contributed by atoms with E-state index in [-0.39, 0.29) is 0 Å². The Morgan fingerprint density at radius 1 is 1.11 bits per heavy atom. The van der Waals surface area contributed by atoms with E-state index in [1.54, 1.807) is 14.2 Å². The standard InChI is InChI=1S/C15H25NO2/c1-11(2)16(4)8-7-13-10-15(18-6)14(17-5)9-12(13)3/h9-11H,7-8H2,1-6H3. The van der Waals surface area contributed by atoms with Crippen LogP contribution < -0.4 is 9.47 Å². The molecule has 1 rings (SSSR count). The second-order valence-corrected chi connectivity index (χ2v) is 4.96. The van der Waals surface area contributed by atoms with Crippen molar-refractivity contribution in [2.75, 3.05) is 27.8 Å². The van der Waals surface area contributed by atoms with E-state index in [2.05, 4.69) is 38.8 Å². The Labute approximate surface area is 111 Å². The monoisotopic (exact) mass is 251 g/mol. The quantitative estimate of drug-likeness (QED) is 0.776. The summed E-state index contributed by atoms with van der Waals surface area (Å²) in [6.07, 6.45) is 1.03. The van der Waals surface area contributed by atoms with Crippen LogP contribution in [0, 0.1) is 6.92 Å². The molecule has 0 amide bonds. The number of benzene rings is 1. The van der Waals surface area contributed by atoms with Crippen LogP contribution in [0.15, 0.2) is 12.1 Å². The smallest absolute Gasteiger partial charge is 0.161 e. The molecule has 0 aliphatic heterocycles. The van der Waals surface area contributed by atoms with Gasteiger partial charge >= 0.3 is 0 Å². The first-order valence-electron chi connectivity index (χ1n) is 6.41. The van der Waals surface area contributed by atoms with E-state index >= 15 is 0 Å². The normalized spacial score (nSPS) is 11.1. The number of likely N-dealkylation sites (N-methyl/N-ethyl adjacent to an activating group) is 1. The lowest BCUT2D eigenvalue weighted by Crippen LogP contribution is -2.28. The van der Waals surface area contributed by atoms with Gasteiger partial charge in [0.1, 0.15) is 0 Å². The predicted octanol–water partition coefficient (Wildman–Crippen LogP) is 2.89. The van der Waals surface area contributed by atoms with Gasteiger partial charge in [-0.1, -0.05) is 0 Å². The molecule has 0 aliphatic carbocycles. The molecule has 102 valence electrons. The van der Waals surface area contributed by atoms with E-state index in [9.17, 15) is 0 Å². The van der Waals surface area contributed by atoms with Crippen molar-refractivity contribution in [3.63, 3.8) is 0 Å². The Balaban J connectivity index is 2.83. The van der Waals surface area contributed by atoms with Gasteiger partial charge < -0.3 is 14.4 Å². The lowest BCUT2D eigenvalue weighted by molar-refractivity contribution is 0.277. The van der Waals surface area contributed by atoms with Crippen molar-refractivity contribution in [2.45, 2.75) is 33.2 Å². The summed E-state index contributed by atoms with van der Waals surface area (Å²) < 4.78 is 10.6. The Kier molecular flexibility index (Phi) is 5.48. The van der Waals surface area contributed by atoms with Gasteiger partial charge in [0.2, 0.25) is 0 Å². The van der Waals surface area contributed by atoms with E-state index in [0.29, 0.717) is 6.04 Å². The van der Waals surface area contributed by atoms with Crippen molar-refractivity contribution >= 4 is 0 Å². The van der Waals surface area contributed by atoms with E-state index in [4.69, 9.17) is 9.47 Å². The van der Waals surface area contributed by atoms with Crippen LogP contribution in [0.1, 0.15) is 25.0 Å². The molecule has 0 aliphatic rings. The summed E-state index contributed by atoms with van der Waals surface area (Å²) in [5.74, 6) is 1.61. The molecule has 18 heavy (non-hydrogen) atoms. The minimum absolute atomic E-state index is 0.574. The molecule has 0 bridgehead atoms. The van der Waals surface area contributed by atoms with Crippen molar-refractivity contribution in [1.82, 2.24) is 4.90 Å². The van der Waals surface area contributed by atoms with Gasteiger partial charge in [-0.05, 0) is 57.5 Å². The first kappa shape index (κ1) is 14.8. The number of hydrogen-bond acceptors (Lipinski definition) is 3. The Hall–Kier alpha value is -1.22. The second-order valence-electron chi connectivity index (χ2n) is 4.96. The van der Waals surface area contributed by atoms with Gasteiger partial charge in [-0.2, -0.15) is 0 Å². The van der Waals surface area contributed by atoms with Gasteiger partial charge in [0.05, 0.1) is 14.2 Å². The van der Waals surface area contributed by atoms with Gasteiger partial charge in [0.25, 0.3) is 0 Å². The molecule has 3 heteroatoms. The summed E-state index contributed by atoms with van der Waals surface area (Å²) in [6, 6.07) is 4.71. The molecular formula is C15H25NO2. The van der Waals surface area contributed by atoms with Crippen LogP contribution in [0.2, 0.25) is 0 Å². The van der Waals surface area contributed by atoms with Crippen LogP contribution in [0.3, 0.4) is 0 Å². The summed E-state index contributed by atoms with van der Waals surface area (Å²) in [6.45, 7) is 7.59. The molecule has 0 aromatic heterocycles. The van der Waals surface area contributed by atoms with Crippen molar-refractivity contribution in [3.05, 3.63) is 23.3 Å². The number of rotatable bonds is 6. The largest absolute Gasteiger partial charge is 0.493 e. The predicted molar refractivity (Wildman–Crippen MR) is 75.8 cm³/mol. The van der Waals surface area contributed by atoms with Crippen LogP contribution in [0.25, 0.3) is 0 Å². The summed E-state index contributed by atoms with van der Waals surface area (Å²) in [4.78, 5) is 2.34. The summed E-state index contributed by atoms with van der Waals surface area (Å²) in [5.41, 5.74) is 2.57. The fraction of sp³-hybridized carbons (Fsp3) is 0.600. The van der Waals surface area contributed by atoms with Crippen LogP contribution in [0.5, 0.6) is 11.5 Å². The number of hydrogen-bond donors (Lipinski definition) is 0. The maximum absolute atomic E-state index is 5.35. The fourth-order valence-electron chi connectivity index (χ4n) is 1.85. The zero-order valence-corrected chi connectivity index (χ0v) is 12.4. The molecule has 0 saturated carbocycles.